The molecule has 1 aromatic rings. The van der Waals surface area contributed by atoms with E-state index in [-0.39, 0.29) is 5.41 Å². The Hall–Kier alpha value is -1.02. The molecule has 0 aliphatic carbocycles. The van der Waals surface area contributed by atoms with Gasteiger partial charge in [0.05, 0.1) is 19.8 Å². The monoisotopic (exact) mass is 192 g/mol. The average molecular weight is 192 g/mol. The van der Waals surface area contributed by atoms with E-state index in [2.05, 4.69) is 26.0 Å². The summed E-state index contributed by atoms with van der Waals surface area (Å²) in [4.78, 5) is 0. The summed E-state index contributed by atoms with van der Waals surface area (Å²) in [5.41, 5.74) is 1.49. The van der Waals surface area contributed by atoms with Gasteiger partial charge in [-0.15, -0.1) is 0 Å². The van der Waals surface area contributed by atoms with Gasteiger partial charge in [0.2, 0.25) is 0 Å². The van der Waals surface area contributed by atoms with Crippen molar-refractivity contribution < 1.29 is 9.47 Å². The molecule has 2 nitrogen and oxygen atoms in total. The highest BCUT2D eigenvalue weighted by molar-refractivity contribution is 5.26. The normalized spacial score (nSPS) is 18.7. The zero-order chi connectivity index (χ0) is 10.0. The second-order valence-electron chi connectivity index (χ2n) is 4.41. The summed E-state index contributed by atoms with van der Waals surface area (Å²) in [5, 5.41) is 0. The van der Waals surface area contributed by atoms with E-state index in [9.17, 15) is 0 Å². The van der Waals surface area contributed by atoms with E-state index in [4.69, 9.17) is 9.47 Å². The molecule has 0 saturated carbocycles. The zero-order valence-corrected chi connectivity index (χ0v) is 8.75. The minimum Gasteiger partial charge on any atom is -0.493 e. The summed E-state index contributed by atoms with van der Waals surface area (Å²) < 4.78 is 10.9. The molecule has 0 atom stereocenters. The number of ether oxygens (including phenoxy) is 2. The lowest BCUT2D eigenvalue weighted by Gasteiger charge is -2.37. The van der Waals surface area contributed by atoms with Crippen LogP contribution in [0.25, 0.3) is 0 Å². The van der Waals surface area contributed by atoms with Crippen LogP contribution in [0.5, 0.6) is 5.75 Å². The summed E-state index contributed by atoms with van der Waals surface area (Å²) in [5.74, 6) is 0.948. The second kappa shape index (κ2) is 3.62. The fourth-order valence-electron chi connectivity index (χ4n) is 1.43. The Bertz CT molecular complexity index is 299. The van der Waals surface area contributed by atoms with Gasteiger partial charge in [-0.2, -0.15) is 0 Å². The molecule has 0 aromatic heterocycles. The third-order valence-corrected chi connectivity index (χ3v) is 2.51. The zero-order valence-electron chi connectivity index (χ0n) is 8.75. The van der Waals surface area contributed by atoms with Crippen LogP contribution in [0.2, 0.25) is 0 Å². The van der Waals surface area contributed by atoms with E-state index in [1.807, 2.05) is 12.1 Å². The predicted molar refractivity (Wildman–Crippen MR) is 55.6 cm³/mol. The Labute approximate surface area is 84.8 Å². The van der Waals surface area contributed by atoms with Crippen molar-refractivity contribution in [3.05, 3.63) is 29.8 Å². The Morgan fingerprint density at radius 2 is 1.93 bits per heavy atom. The Morgan fingerprint density at radius 1 is 1.29 bits per heavy atom. The highest BCUT2D eigenvalue weighted by atomic mass is 16.5. The molecule has 76 valence electrons. The van der Waals surface area contributed by atoms with Gasteiger partial charge in [0.15, 0.2) is 0 Å². The fraction of sp³-hybridized carbons (Fsp3) is 0.500. The van der Waals surface area contributed by atoms with Gasteiger partial charge in [0, 0.05) is 5.41 Å². The molecular formula is C12H16O2. The molecular weight excluding hydrogens is 176 g/mol. The highest BCUT2D eigenvalue weighted by Crippen LogP contribution is 2.27. The molecule has 0 unspecified atom stereocenters. The van der Waals surface area contributed by atoms with Crippen LogP contribution in [0, 0.1) is 12.3 Å². The third kappa shape index (κ3) is 2.07. The van der Waals surface area contributed by atoms with Crippen LogP contribution >= 0.6 is 0 Å². The van der Waals surface area contributed by atoms with E-state index < -0.39 is 0 Å². The average Bonchev–Trinajstić information content (AvgIpc) is 2.14. The minimum absolute atomic E-state index is 0.227. The molecule has 1 saturated heterocycles. The van der Waals surface area contributed by atoms with Crippen LogP contribution in [0.1, 0.15) is 12.5 Å². The van der Waals surface area contributed by atoms with Gasteiger partial charge in [-0.1, -0.05) is 24.6 Å². The quantitative estimate of drug-likeness (QED) is 0.732. The maximum absolute atomic E-state index is 5.69. The van der Waals surface area contributed by atoms with Gasteiger partial charge in [0.25, 0.3) is 0 Å². The van der Waals surface area contributed by atoms with Crippen LogP contribution in [0.15, 0.2) is 24.3 Å². The van der Waals surface area contributed by atoms with Gasteiger partial charge in [0.1, 0.15) is 5.75 Å². The van der Waals surface area contributed by atoms with Crippen LogP contribution in [-0.2, 0) is 4.74 Å². The Kier molecular flexibility index (Phi) is 2.46. The number of rotatable bonds is 3. The Morgan fingerprint density at radius 3 is 2.43 bits per heavy atom. The van der Waals surface area contributed by atoms with Crippen molar-refractivity contribution in [3.8, 4) is 5.75 Å². The lowest BCUT2D eigenvalue weighted by Crippen LogP contribution is -2.44. The van der Waals surface area contributed by atoms with Crippen molar-refractivity contribution in [3.63, 3.8) is 0 Å². The summed E-state index contributed by atoms with van der Waals surface area (Å²) in [6.07, 6.45) is 0. The first-order valence-electron chi connectivity index (χ1n) is 4.95. The van der Waals surface area contributed by atoms with Crippen molar-refractivity contribution in [2.45, 2.75) is 13.8 Å². The third-order valence-electron chi connectivity index (χ3n) is 2.51. The molecule has 14 heavy (non-hydrogen) atoms. The minimum atomic E-state index is 0.227. The first kappa shape index (κ1) is 9.53. The van der Waals surface area contributed by atoms with Gasteiger partial charge >= 0.3 is 0 Å². The highest BCUT2D eigenvalue weighted by Gasteiger charge is 2.34. The van der Waals surface area contributed by atoms with Crippen molar-refractivity contribution in [1.82, 2.24) is 0 Å². The topological polar surface area (TPSA) is 18.5 Å². The molecule has 1 heterocycles. The fourth-order valence-corrected chi connectivity index (χ4v) is 1.43. The SMILES string of the molecule is Cc1ccc(OCC2(C)COC2)cc1. The molecule has 2 rings (SSSR count). The van der Waals surface area contributed by atoms with Gasteiger partial charge in [-0.25, -0.2) is 0 Å². The summed E-state index contributed by atoms with van der Waals surface area (Å²) >= 11 is 0. The molecule has 1 aromatic carbocycles. The lowest BCUT2D eigenvalue weighted by atomic mass is 9.90. The van der Waals surface area contributed by atoms with Crippen molar-refractivity contribution in [1.29, 1.82) is 0 Å². The standard InChI is InChI=1S/C12H16O2/c1-10-3-5-11(6-4-10)14-9-12(2)7-13-8-12/h3-6H,7-9H2,1-2H3. The molecule has 0 bridgehead atoms. The molecule has 0 amide bonds. The second-order valence-corrected chi connectivity index (χ2v) is 4.41. The van der Waals surface area contributed by atoms with Crippen LogP contribution in [-0.4, -0.2) is 19.8 Å². The molecule has 0 spiro atoms. The predicted octanol–water partition coefficient (Wildman–Crippen LogP) is 2.41. The van der Waals surface area contributed by atoms with Crippen LogP contribution in [0.4, 0.5) is 0 Å². The van der Waals surface area contributed by atoms with E-state index in [1.165, 1.54) is 5.56 Å². The van der Waals surface area contributed by atoms with Gasteiger partial charge < -0.3 is 9.47 Å². The van der Waals surface area contributed by atoms with Crippen molar-refractivity contribution in [2.75, 3.05) is 19.8 Å². The molecule has 2 heteroatoms. The van der Waals surface area contributed by atoms with E-state index in [0.29, 0.717) is 0 Å². The number of hydrogen-bond acceptors (Lipinski definition) is 2. The summed E-state index contributed by atoms with van der Waals surface area (Å²) in [6.45, 7) is 6.64. The summed E-state index contributed by atoms with van der Waals surface area (Å²) in [6, 6.07) is 8.15. The maximum Gasteiger partial charge on any atom is 0.119 e. The van der Waals surface area contributed by atoms with E-state index in [0.717, 1.165) is 25.6 Å². The molecule has 0 radical (unpaired) electrons. The van der Waals surface area contributed by atoms with Gasteiger partial charge in [-0.05, 0) is 19.1 Å². The van der Waals surface area contributed by atoms with Crippen LogP contribution in [0.3, 0.4) is 0 Å². The summed E-state index contributed by atoms with van der Waals surface area (Å²) in [7, 11) is 0. The first-order valence-corrected chi connectivity index (χ1v) is 4.95. The van der Waals surface area contributed by atoms with E-state index in [1.54, 1.807) is 0 Å². The van der Waals surface area contributed by atoms with E-state index >= 15 is 0 Å². The van der Waals surface area contributed by atoms with Crippen LogP contribution < -0.4 is 4.74 Å². The Balaban J connectivity index is 1.88. The number of hydrogen-bond donors (Lipinski definition) is 0. The van der Waals surface area contributed by atoms with Crippen molar-refractivity contribution in [2.24, 2.45) is 5.41 Å². The van der Waals surface area contributed by atoms with Crippen molar-refractivity contribution >= 4 is 0 Å². The molecule has 1 fully saturated rings. The molecule has 1 aliphatic rings. The lowest BCUT2D eigenvalue weighted by molar-refractivity contribution is -0.120. The molecule has 0 N–H and O–H groups in total. The first-order chi connectivity index (χ1) is 6.68. The largest absolute Gasteiger partial charge is 0.493 e. The van der Waals surface area contributed by atoms with Gasteiger partial charge in [-0.3, -0.25) is 0 Å². The molecule has 1 aliphatic heterocycles. The maximum atomic E-state index is 5.69. The smallest absolute Gasteiger partial charge is 0.119 e. The number of benzene rings is 1. The number of aryl methyl sites for hydroxylation is 1.